The normalized spacial score (nSPS) is 23.8. The third-order valence-corrected chi connectivity index (χ3v) is 7.62. The maximum absolute atomic E-state index is 12.5. The standard InChI is InChI=1S/C22H32N2O7S/c1-14-5-4-6-18(15(14)2)24-22(26)16(3)31-21(25)9-10-23-32(27,28)17-7-8-19-20(13-17)30-12-11-29-19/h7-8,13-16,18,23H,4-6,9-12H2,1-3H3,(H,24,26). The molecule has 0 radical (unpaired) electrons. The lowest BCUT2D eigenvalue weighted by atomic mass is 9.78. The third kappa shape index (κ3) is 6.13. The first-order valence-electron chi connectivity index (χ1n) is 11.1. The van der Waals surface area contributed by atoms with Gasteiger partial charge in [0.2, 0.25) is 10.0 Å². The highest BCUT2D eigenvalue weighted by Crippen LogP contribution is 2.32. The van der Waals surface area contributed by atoms with Gasteiger partial charge in [0.05, 0.1) is 11.3 Å². The van der Waals surface area contributed by atoms with Crippen molar-refractivity contribution in [1.82, 2.24) is 10.0 Å². The van der Waals surface area contributed by atoms with Crippen LogP contribution in [0.1, 0.15) is 46.5 Å². The first-order valence-corrected chi connectivity index (χ1v) is 12.5. The van der Waals surface area contributed by atoms with Gasteiger partial charge in [-0.25, -0.2) is 13.1 Å². The predicted molar refractivity (Wildman–Crippen MR) is 117 cm³/mol. The van der Waals surface area contributed by atoms with Crippen molar-refractivity contribution >= 4 is 21.9 Å². The molecule has 0 bridgehead atoms. The summed E-state index contributed by atoms with van der Waals surface area (Å²) < 4.78 is 43.3. The molecule has 1 aliphatic carbocycles. The topological polar surface area (TPSA) is 120 Å². The molecule has 1 aromatic rings. The van der Waals surface area contributed by atoms with Crippen molar-refractivity contribution in [3.63, 3.8) is 0 Å². The van der Waals surface area contributed by atoms with Gasteiger partial charge in [-0.3, -0.25) is 9.59 Å². The van der Waals surface area contributed by atoms with Gasteiger partial charge in [-0.05, 0) is 37.3 Å². The monoisotopic (exact) mass is 468 g/mol. The fourth-order valence-corrected chi connectivity index (χ4v) is 5.00. The number of hydrogen-bond acceptors (Lipinski definition) is 7. The van der Waals surface area contributed by atoms with E-state index in [-0.39, 0.29) is 29.8 Å². The lowest BCUT2D eigenvalue weighted by Crippen LogP contribution is -2.47. The Balaban J connectivity index is 1.44. The van der Waals surface area contributed by atoms with Gasteiger partial charge >= 0.3 is 5.97 Å². The van der Waals surface area contributed by atoms with Crippen LogP contribution in [0.15, 0.2) is 23.1 Å². The maximum Gasteiger partial charge on any atom is 0.307 e. The van der Waals surface area contributed by atoms with Crippen molar-refractivity contribution < 1.29 is 32.2 Å². The number of nitrogens with one attached hydrogen (secondary N) is 2. The minimum Gasteiger partial charge on any atom is -0.486 e. The molecule has 3 rings (SSSR count). The first kappa shape index (κ1) is 24.3. The fourth-order valence-electron chi connectivity index (χ4n) is 3.96. The van der Waals surface area contributed by atoms with Crippen LogP contribution in [0.5, 0.6) is 11.5 Å². The number of fused-ring (bicyclic) bond motifs is 1. The number of esters is 1. The fraction of sp³-hybridized carbons (Fsp3) is 0.636. The Hall–Kier alpha value is -2.33. The summed E-state index contributed by atoms with van der Waals surface area (Å²) in [6.45, 7) is 6.43. The van der Waals surface area contributed by atoms with Crippen molar-refractivity contribution in [2.75, 3.05) is 19.8 Å². The lowest BCUT2D eigenvalue weighted by molar-refractivity contribution is -0.155. The van der Waals surface area contributed by atoms with Gasteiger partial charge in [-0.1, -0.05) is 26.7 Å². The van der Waals surface area contributed by atoms with Crippen LogP contribution in [0.4, 0.5) is 0 Å². The Bertz CT molecular complexity index is 934. The predicted octanol–water partition coefficient (Wildman–Crippen LogP) is 2.00. The molecular weight excluding hydrogens is 436 g/mol. The average molecular weight is 469 g/mol. The van der Waals surface area contributed by atoms with E-state index in [1.807, 2.05) is 0 Å². The molecular formula is C22H32N2O7S. The molecule has 2 aliphatic rings. The van der Waals surface area contributed by atoms with Crippen LogP contribution in [0.25, 0.3) is 0 Å². The molecule has 1 aliphatic heterocycles. The first-order chi connectivity index (χ1) is 15.2. The smallest absolute Gasteiger partial charge is 0.307 e. The van der Waals surface area contributed by atoms with Gasteiger partial charge in [0, 0.05) is 18.7 Å². The van der Waals surface area contributed by atoms with Gasteiger partial charge in [-0.15, -0.1) is 0 Å². The van der Waals surface area contributed by atoms with Crippen molar-refractivity contribution in [3.8, 4) is 11.5 Å². The molecule has 1 amide bonds. The second-order valence-corrected chi connectivity index (χ2v) is 10.2. The highest BCUT2D eigenvalue weighted by molar-refractivity contribution is 7.89. The zero-order valence-corrected chi connectivity index (χ0v) is 19.6. The van der Waals surface area contributed by atoms with E-state index in [0.29, 0.717) is 36.5 Å². The molecule has 178 valence electrons. The van der Waals surface area contributed by atoms with Crippen molar-refractivity contribution in [1.29, 1.82) is 0 Å². The molecule has 4 unspecified atom stereocenters. The minimum absolute atomic E-state index is 0.0127. The number of carbonyl (C=O) groups excluding carboxylic acids is 2. The van der Waals surface area contributed by atoms with E-state index >= 15 is 0 Å². The van der Waals surface area contributed by atoms with Crippen LogP contribution in [-0.2, 0) is 24.3 Å². The van der Waals surface area contributed by atoms with Crippen LogP contribution in [0.3, 0.4) is 0 Å². The molecule has 0 aromatic heterocycles. The zero-order valence-electron chi connectivity index (χ0n) is 18.8. The summed E-state index contributed by atoms with van der Waals surface area (Å²) in [5.74, 6) is 0.770. The summed E-state index contributed by atoms with van der Waals surface area (Å²) >= 11 is 0. The minimum atomic E-state index is -3.84. The number of amides is 1. The van der Waals surface area contributed by atoms with E-state index < -0.39 is 22.1 Å². The van der Waals surface area contributed by atoms with Crippen molar-refractivity contribution in [2.45, 2.75) is 63.5 Å². The van der Waals surface area contributed by atoms with E-state index in [2.05, 4.69) is 23.9 Å². The zero-order chi connectivity index (χ0) is 23.3. The summed E-state index contributed by atoms with van der Waals surface area (Å²) in [4.78, 5) is 24.5. The van der Waals surface area contributed by atoms with Crippen LogP contribution < -0.4 is 19.5 Å². The molecule has 1 heterocycles. The van der Waals surface area contributed by atoms with E-state index in [9.17, 15) is 18.0 Å². The molecule has 4 atom stereocenters. The SMILES string of the molecule is CC(OC(=O)CCNS(=O)(=O)c1ccc2c(c1)OCCO2)C(=O)NC1CCCC(C)C1C. The summed E-state index contributed by atoms with van der Waals surface area (Å²) in [5, 5.41) is 2.98. The largest absolute Gasteiger partial charge is 0.486 e. The van der Waals surface area contributed by atoms with E-state index in [1.165, 1.54) is 25.1 Å². The Morgan fingerprint density at radius 3 is 2.62 bits per heavy atom. The van der Waals surface area contributed by atoms with Crippen LogP contribution in [0.2, 0.25) is 0 Å². The molecule has 9 nitrogen and oxygen atoms in total. The Labute approximate surface area is 189 Å². The van der Waals surface area contributed by atoms with E-state index in [1.54, 1.807) is 0 Å². The van der Waals surface area contributed by atoms with E-state index in [4.69, 9.17) is 14.2 Å². The molecule has 32 heavy (non-hydrogen) atoms. The average Bonchev–Trinajstić information content (AvgIpc) is 2.76. The molecule has 1 fully saturated rings. The van der Waals surface area contributed by atoms with Crippen LogP contribution >= 0.6 is 0 Å². The van der Waals surface area contributed by atoms with Gasteiger partial charge in [0.1, 0.15) is 13.2 Å². The Morgan fingerprint density at radius 2 is 1.88 bits per heavy atom. The number of benzene rings is 1. The second-order valence-electron chi connectivity index (χ2n) is 8.47. The van der Waals surface area contributed by atoms with E-state index in [0.717, 1.165) is 19.3 Å². The highest BCUT2D eigenvalue weighted by Gasteiger charge is 2.30. The summed E-state index contributed by atoms with van der Waals surface area (Å²) in [6.07, 6.45) is 1.99. The molecule has 10 heteroatoms. The third-order valence-electron chi connectivity index (χ3n) is 6.16. The molecule has 2 N–H and O–H groups in total. The van der Waals surface area contributed by atoms with Gasteiger partial charge in [0.15, 0.2) is 17.6 Å². The Kier molecular flexibility index (Phi) is 8.00. The van der Waals surface area contributed by atoms with Crippen LogP contribution in [0, 0.1) is 11.8 Å². The molecule has 0 saturated heterocycles. The summed E-state index contributed by atoms with van der Waals surface area (Å²) in [6, 6.07) is 4.40. The highest BCUT2D eigenvalue weighted by atomic mass is 32.2. The molecule has 1 aromatic carbocycles. The van der Waals surface area contributed by atoms with Gasteiger partial charge in [-0.2, -0.15) is 0 Å². The van der Waals surface area contributed by atoms with Crippen molar-refractivity contribution in [3.05, 3.63) is 18.2 Å². The molecule has 0 spiro atoms. The van der Waals surface area contributed by atoms with Crippen LogP contribution in [-0.4, -0.2) is 52.2 Å². The number of rotatable bonds is 8. The summed E-state index contributed by atoms with van der Waals surface area (Å²) in [7, 11) is -3.84. The summed E-state index contributed by atoms with van der Waals surface area (Å²) in [5.41, 5.74) is 0. The molecule has 1 saturated carbocycles. The van der Waals surface area contributed by atoms with Gasteiger partial charge in [0.25, 0.3) is 5.91 Å². The number of hydrogen-bond donors (Lipinski definition) is 2. The Morgan fingerprint density at radius 1 is 1.16 bits per heavy atom. The number of carbonyl (C=O) groups is 2. The lowest BCUT2D eigenvalue weighted by Gasteiger charge is -2.35. The quantitative estimate of drug-likeness (QED) is 0.560. The number of ether oxygens (including phenoxy) is 3. The van der Waals surface area contributed by atoms with Crippen molar-refractivity contribution in [2.24, 2.45) is 11.8 Å². The number of sulfonamides is 1. The maximum atomic E-state index is 12.5. The second kappa shape index (κ2) is 10.5. The van der Waals surface area contributed by atoms with Gasteiger partial charge < -0.3 is 19.5 Å².